The van der Waals surface area contributed by atoms with Crippen LogP contribution in [0.2, 0.25) is 0 Å². The Morgan fingerprint density at radius 3 is 2.55 bits per heavy atom. The molecule has 2 aromatic rings. The summed E-state index contributed by atoms with van der Waals surface area (Å²) in [5, 5.41) is 0. The average Bonchev–Trinajstić information content (AvgIpc) is 2.47. The van der Waals surface area contributed by atoms with Gasteiger partial charge in [0.25, 0.3) is 0 Å². The van der Waals surface area contributed by atoms with E-state index in [4.69, 9.17) is 4.74 Å². The number of allylic oxidation sites excluding steroid dienone is 1. The summed E-state index contributed by atoms with van der Waals surface area (Å²) in [5.74, 6) is -1.80. The van der Waals surface area contributed by atoms with E-state index in [1.165, 1.54) is 19.3 Å². The molecule has 20 heavy (non-hydrogen) atoms. The first kappa shape index (κ1) is 13.9. The van der Waals surface area contributed by atoms with Gasteiger partial charge < -0.3 is 4.74 Å². The quantitative estimate of drug-likeness (QED) is 0.625. The molecule has 0 radical (unpaired) electrons. The topological polar surface area (TPSA) is 26.3 Å². The number of methoxy groups -OCH3 is 1. The highest BCUT2D eigenvalue weighted by atomic mass is 19.2. The zero-order chi connectivity index (χ0) is 14.5. The SMILES string of the molecule is COc1ccccc1/C=C/C(=O)c1ccc(F)c(F)c1. The summed E-state index contributed by atoms with van der Waals surface area (Å²) in [5.41, 5.74) is 0.820. The average molecular weight is 274 g/mol. The fraction of sp³-hybridized carbons (Fsp3) is 0.0625. The molecule has 0 saturated heterocycles. The van der Waals surface area contributed by atoms with Crippen LogP contribution >= 0.6 is 0 Å². The van der Waals surface area contributed by atoms with Gasteiger partial charge in [-0.25, -0.2) is 8.78 Å². The van der Waals surface area contributed by atoms with Gasteiger partial charge in [0.05, 0.1) is 7.11 Å². The van der Waals surface area contributed by atoms with Gasteiger partial charge in [-0.2, -0.15) is 0 Å². The molecule has 0 bridgehead atoms. The van der Waals surface area contributed by atoms with Gasteiger partial charge in [0.2, 0.25) is 0 Å². The first-order chi connectivity index (χ1) is 9.61. The molecule has 0 amide bonds. The number of hydrogen-bond acceptors (Lipinski definition) is 2. The van der Waals surface area contributed by atoms with Crippen molar-refractivity contribution in [2.75, 3.05) is 7.11 Å². The molecule has 0 aliphatic carbocycles. The third kappa shape index (κ3) is 3.09. The second kappa shape index (κ2) is 6.10. The van der Waals surface area contributed by atoms with Crippen LogP contribution in [0.15, 0.2) is 48.5 Å². The minimum atomic E-state index is -1.04. The Morgan fingerprint density at radius 2 is 1.85 bits per heavy atom. The van der Waals surface area contributed by atoms with Crippen LogP contribution in [-0.4, -0.2) is 12.9 Å². The molecule has 0 aliphatic heterocycles. The van der Waals surface area contributed by atoms with Crippen LogP contribution in [0.1, 0.15) is 15.9 Å². The molecule has 0 heterocycles. The Hall–Kier alpha value is -2.49. The van der Waals surface area contributed by atoms with Gasteiger partial charge in [-0.15, -0.1) is 0 Å². The lowest BCUT2D eigenvalue weighted by Crippen LogP contribution is -1.96. The molecule has 2 aromatic carbocycles. The van der Waals surface area contributed by atoms with Crippen LogP contribution in [0.4, 0.5) is 8.78 Å². The van der Waals surface area contributed by atoms with Gasteiger partial charge in [0, 0.05) is 11.1 Å². The van der Waals surface area contributed by atoms with Crippen molar-refractivity contribution in [1.29, 1.82) is 0 Å². The molecule has 2 nitrogen and oxygen atoms in total. The Morgan fingerprint density at radius 1 is 1.10 bits per heavy atom. The molecule has 0 aromatic heterocycles. The largest absolute Gasteiger partial charge is 0.496 e. The first-order valence-electron chi connectivity index (χ1n) is 5.92. The van der Waals surface area contributed by atoms with E-state index in [1.54, 1.807) is 18.2 Å². The highest BCUT2D eigenvalue weighted by Crippen LogP contribution is 2.19. The lowest BCUT2D eigenvalue weighted by atomic mass is 10.1. The predicted octanol–water partition coefficient (Wildman–Crippen LogP) is 3.87. The first-order valence-corrected chi connectivity index (χ1v) is 5.92. The Balaban J connectivity index is 2.22. The summed E-state index contributed by atoms with van der Waals surface area (Å²) < 4.78 is 31.0. The summed E-state index contributed by atoms with van der Waals surface area (Å²) in [7, 11) is 1.53. The van der Waals surface area contributed by atoms with E-state index in [0.29, 0.717) is 5.75 Å². The number of halogens is 2. The molecular formula is C16H12F2O2. The number of ether oxygens (including phenoxy) is 1. The molecule has 102 valence electrons. The monoisotopic (exact) mass is 274 g/mol. The van der Waals surface area contributed by atoms with Crippen LogP contribution < -0.4 is 4.74 Å². The zero-order valence-electron chi connectivity index (χ0n) is 10.8. The molecule has 4 heteroatoms. The zero-order valence-corrected chi connectivity index (χ0v) is 10.8. The van der Waals surface area contributed by atoms with Gasteiger partial charge in [-0.1, -0.05) is 18.2 Å². The number of carbonyl (C=O) groups excluding carboxylic acids is 1. The second-order valence-electron chi connectivity index (χ2n) is 4.07. The van der Waals surface area contributed by atoms with Crippen molar-refractivity contribution in [1.82, 2.24) is 0 Å². The fourth-order valence-electron chi connectivity index (χ4n) is 1.72. The van der Waals surface area contributed by atoms with E-state index >= 15 is 0 Å². The minimum absolute atomic E-state index is 0.0926. The van der Waals surface area contributed by atoms with Crippen LogP contribution in [0.25, 0.3) is 6.08 Å². The summed E-state index contributed by atoms with van der Waals surface area (Å²) in [6, 6.07) is 10.2. The maximum absolute atomic E-state index is 13.1. The summed E-state index contributed by atoms with van der Waals surface area (Å²) >= 11 is 0. The molecule has 0 saturated carbocycles. The van der Waals surface area contributed by atoms with Crippen molar-refractivity contribution >= 4 is 11.9 Å². The molecule has 2 rings (SSSR count). The summed E-state index contributed by atoms with van der Waals surface area (Å²) in [4.78, 5) is 11.9. The van der Waals surface area contributed by atoms with Gasteiger partial charge in [-0.05, 0) is 36.4 Å². The number of rotatable bonds is 4. The Kier molecular flexibility index (Phi) is 4.25. The third-order valence-corrected chi connectivity index (χ3v) is 2.76. The molecule has 0 atom stereocenters. The van der Waals surface area contributed by atoms with E-state index in [-0.39, 0.29) is 5.56 Å². The molecular weight excluding hydrogens is 262 g/mol. The van der Waals surface area contributed by atoms with Gasteiger partial charge in [-0.3, -0.25) is 4.79 Å². The molecule has 0 spiro atoms. The predicted molar refractivity (Wildman–Crippen MR) is 72.7 cm³/mol. The van der Waals surface area contributed by atoms with Crippen LogP contribution in [0, 0.1) is 11.6 Å². The van der Waals surface area contributed by atoms with Gasteiger partial charge in [0.15, 0.2) is 17.4 Å². The van der Waals surface area contributed by atoms with E-state index in [2.05, 4.69) is 0 Å². The molecule has 0 aliphatic rings. The number of hydrogen-bond donors (Lipinski definition) is 0. The fourth-order valence-corrected chi connectivity index (χ4v) is 1.72. The molecule has 0 N–H and O–H groups in total. The lowest BCUT2D eigenvalue weighted by molar-refractivity contribution is 0.104. The van der Waals surface area contributed by atoms with Crippen LogP contribution in [-0.2, 0) is 0 Å². The van der Waals surface area contributed by atoms with Crippen LogP contribution in [0.3, 0.4) is 0 Å². The van der Waals surface area contributed by atoms with Crippen molar-refractivity contribution in [3.05, 3.63) is 71.3 Å². The maximum Gasteiger partial charge on any atom is 0.185 e. The van der Waals surface area contributed by atoms with Gasteiger partial charge >= 0.3 is 0 Å². The summed E-state index contributed by atoms with van der Waals surface area (Å²) in [6.07, 6.45) is 2.87. The maximum atomic E-state index is 13.1. The highest BCUT2D eigenvalue weighted by molar-refractivity contribution is 6.06. The second-order valence-corrected chi connectivity index (χ2v) is 4.07. The molecule has 0 unspecified atom stereocenters. The number of ketones is 1. The number of para-hydroxylation sites is 1. The van der Waals surface area contributed by atoms with E-state index in [1.807, 2.05) is 12.1 Å². The number of carbonyl (C=O) groups is 1. The lowest BCUT2D eigenvalue weighted by Gasteiger charge is -2.03. The number of benzene rings is 2. The smallest absolute Gasteiger partial charge is 0.185 e. The Bertz CT molecular complexity index is 663. The highest BCUT2D eigenvalue weighted by Gasteiger charge is 2.07. The normalized spacial score (nSPS) is 10.8. The van der Waals surface area contributed by atoms with Crippen molar-refractivity contribution in [3.63, 3.8) is 0 Å². The van der Waals surface area contributed by atoms with E-state index < -0.39 is 17.4 Å². The van der Waals surface area contributed by atoms with Crippen molar-refractivity contribution in [3.8, 4) is 5.75 Å². The van der Waals surface area contributed by atoms with Crippen molar-refractivity contribution < 1.29 is 18.3 Å². The van der Waals surface area contributed by atoms with Crippen LogP contribution in [0.5, 0.6) is 5.75 Å². The summed E-state index contributed by atoms with van der Waals surface area (Å²) in [6.45, 7) is 0. The van der Waals surface area contributed by atoms with Crippen molar-refractivity contribution in [2.24, 2.45) is 0 Å². The molecule has 0 fully saturated rings. The minimum Gasteiger partial charge on any atom is -0.496 e. The third-order valence-electron chi connectivity index (χ3n) is 2.76. The van der Waals surface area contributed by atoms with E-state index in [9.17, 15) is 13.6 Å². The van der Waals surface area contributed by atoms with E-state index in [0.717, 1.165) is 17.7 Å². The van der Waals surface area contributed by atoms with Gasteiger partial charge in [0.1, 0.15) is 5.75 Å². The standard InChI is InChI=1S/C16H12F2O2/c1-20-16-5-3-2-4-11(16)7-9-15(19)12-6-8-13(17)14(18)10-12/h2-10H,1H3/b9-7+. The Labute approximate surface area is 115 Å². The van der Waals surface area contributed by atoms with Crippen molar-refractivity contribution in [2.45, 2.75) is 0 Å².